The van der Waals surface area contributed by atoms with Crippen LogP contribution < -0.4 is 4.90 Å². The molecule has 0 radical (unpaired) electrons. The molecule has 0 spiro atoms. The van der Waals surface area contributed by atoms with Gasteiger partial charge < -0.3 is 9.32 Å². The number of hydrogen-bond acceptors (Lipinski definition) is 2. The molecule has 0 unspecified atom stereocenters. The molecule has 0 aliphatic heterocycles. The van der Waals surface area contributed by atoms with Crippen molar-refractivity contribution in [1.29, 1.82) is 0 Å². The highest BCUT2D eigenvalue weighted by Gasteiger charge is 2.16. The Morgan fingerprint density at radius 1 is 0.234 bits per heavy atom. The molecule has 0 aliphatic rings. The highest BCUT2D eigenvalue weighted by molar-refractivity contribution is 6.08. The highest BCUT2D eigenvalue weighted by atomic mass is 16.3. The van der Waals surface area contributed by atoms with Crippen molar-refractivity contribution in [3.8, 4) is 55.8 Å². The van der Waals surface area contributed by atoms with E-state index in [9.17, 15) is 0 Å². The highest BCUT2D eigenvalue weighted by Crippen LogP contribution is 2.40. The fourth-order valence-electron chi connectivity index (χ4n) is 9.28. The van der Waals surface area contributed by atoms with E-state index in [1.54, 1.807) is 0 Å². The average molecular weight is 816 g/mol. The van der Waals surface area contributed by atoms with Crippen molar-refractivity contribution in [2.45, 2.75) is 0 Å². The summed E-state index contributed by atoms with van der Waals surface area (Å²) in [6.07, 6.45) is 0. The molecule has 0 aliphatic carbocycles. The van der Waals surface area contributed by atoms with Gasteiger partial charge in [0.2, 0.25) is 0 Å². The quantitative estimate of drug-likeness (QED) is 0.142. The van der Waals surface area contributed by atoms with Gasteiger partial charge in [-0.3, -0.25) is 0 Å². The van der Waals surface area contributed by atoms with Crippen LogP contribution >= 0.6 is 0 Å². The third-order valence-electron chi connectivity index (χ3n) is 12.6. The molecule has 12 aromatic rings. The van der Waals surface area contributed by atoms with Crippen LogP contribution in [0.25, 0.3) is 99.1 Å². The minimum Gasteiger partial charge on any atom is -0.456 e. The Bertz CT molecular complexity index is 3620. The predicted octanol–water partition coefficient (Wildman–Crippen LogP) is 17.7. The third-order valence-corrected chi connectivity index (χ3v) is 12.6. The normalized spacial score (nSPS) is 11.4. The Balaban J connectivity index is 0.899. The van der Waals surface area contributed by atoms with Crippen molar-refractivity contribution in [3.05, 3.63) is 249 Å². The molecule has 0 N–H and O–H groups in total. The summed E-state index contributed by atoms with van der Waals surface area (Å²) in [4.78, 5) is 2.37. The first-order valence-electron chi connectivity index (χ1n) is 21.9. The third kappa shape index (κ3) is 6.98. The Kier molecular flexibility index (Phi) is 9.20. The van der Waals surface area contributed by atoms with Crippen LogP contribution in [0.5, 0.6) is 0 Å². The predicted molar refractivity (Wildman–Crippen MR) is 271 cm³/mol. The van der Waals surface area contributed by atoms with E-state index < -0.39 is 0 Å². The van der Waals surface area contributed by atoms with Crippen LogP contribution in [-0.4, -0.2) is 0 Å². The van der Waals surface area contributed by atoms with E-state index in [1.165, 1.54) is 71.3 Å². The molecule has 2 nitrogen and oxygen atoms in total. The fourth-order valence-corrected chi connectivity index (χ4v) is 9.28. The first kappa shape index (κ1) is 37.3. The summed E-state index contributed by atoms with van der Waals surface area (Å²) in [6, 6.07) is 89.8. The number of fused-ring (bicyclic) bond motifs is 5. The Hall–Kier alpha value is -8.46. The maximum atomic E-state index is 6.23. The molecule has 300 valence electrons. The topological polar surface area (TPSA) is 16.4 Å². The second-order valence-corrected chi connectivity index (χ2v) is 16.6. The molecule has 11 aromatic carbocycles. The van der Waals surface area contributed by atoms with Gasteiger partial charge in [0.15, 0.2) is 0 Å². The minimum absolute atomic E-state index is 0.876. The fraction of sp³-hybridized carbons (Fsp3) is 0. The Labute approximate surface area is 372 Å². The molecule has 0 amide bonds. The second kappa shape index (κ2) is 15.8. The van der Waals surface area contributed by atoms with Gasteiger partial charge in [0, 0.05) is 28.0 Å². The van der Waals surface area contributed by atoms with Crippen LogP contribution in [0.2, 0.25) is 0 Å². The zero-order valence-electron chi connectivity index (χ0n) is 35.0. The monoisotopic (exact) mass is 815 g/mol. The van der Waals surface area contributed by atoms with Crippen molar-refractivity contribution in [1.82, 2.24) is 0 Å². The Morgan fingerprint density at radius 2 is 0.688 bits per heavy atom. The number of rotatable bonds is 8. The van der Waals surface area contributed by atoms with Crippen LogP contribution in [0.3, 0.4) is 0 Å². The summed E-state index contributed by atoms with van der Waals surface area (Å²) >= 11 is 0. The van der Waals surface area contributed by atoms with Gasteiger partial charge in [-0.1, -0.05) is 176 Å². The zero-order chi connectivity index (χ0) is 42.4. The minimum atomic E-state index is 0.876. The van der Waals surface area contributed by atoms with Crippen LogP contribution in [-0.2, 0) is 0 Å². The van der Waals surface area contributed by atoms with Crippen molar-refractivity contribution >= 4 is 60.3 Å². The van der Waals surface area contributed by atoms with Crippen molar-refractivity contribution in [2.75, 3.05) is 4.90 Å². The first-order valence-corrected chi connectivity index (χ1v) is 21.9. The first-order chi connectivity index (χ1) is 31.7. The number of nitrogens with zero attached hydrogens (tertiary/aromatic N) is 1. The summed E-state index contributed by atoms with van der Waals surface area (Å²) in [6.45, 7) is 0. The van der Waals surface area contributed by atoms with Crippen molar-refractivity contribution in [2.24, 2.45) is 0 Å². The maximum Gasteiger partial charge on any atom is 0.135 e. The van der Waals surface area contributed by atoms with Gasteiger partial charge in [0.25, 0.3) is 0 Å². The lowest BCUT2D eigenvalue weighted by Crippen LogP contribution is -2.09. The number of para-hydroxylation sites is 1. The molecule has 1 aromatic heterocycles. The van der Waals surface area contributed by atoms with Gasteiger partial charge in [-0.15, -0.1) is 0 Å². The van der Waals surface area contributed by atoms with E-state index in [1.807, 2.05) is 18.2 Å². The van der Waals surface area contributed by atoms with E-state index in [0.717, 1.165) is 44.9 Å². The van der Waals surface area contributed by atoms with E-state index in [-0.39, 0.29) is 0 Å². The van der Waals surface area contributed by atoms with Gasteiger partial charge in [-0.2, -0.15) is 0 Å². The second-order valence-electron chi connectivity index (χ2n) is 16.6. The molecule has 1 heterocycles. The lowest BCUT2D eigenvalue weighted by molar-refractivity contribution is 0.631. The maximum absolute atomic E-state index is 6.23. The van der Waals surface area contributed by atoms with Crippen LogP contribution in [0.4, 0.5) is 17.1 Å². The molecule has 12 rings (SSSR count). The summed E-state index contributed by atoms with van der Waals surface area (Å²) < 4.78 is 6.23. The zero-order valence-corrected chi connectivity index (χ0v) is 35.0. The number of benzene rings is 11. The van der Waals surface area contributed by atoms with E-state index in [2.05, 4.69) is 235 Å². The lowest BCUT2D eigenvalue weighted by atomic mass is 9.97. The summed E-state index contributed by atoms with van der Waals surface area (Å²) in [5.74, 6) is 0.876. The number of furan rings is 1. The standard InChI is InChI=1S/C62H41NO/c1-2-10-42(11-3-1)46-14-8-15-47(36-46)43-24-30-56(31-25-43)63(57-32-26-44(27-33-57)49-29-35-60-53(38-49)23-20-45-12-4-6-18-59(45)60)58-34-28-51-37-50(21-22-52(51)40-58)48-16-9-17-54(39-48)62-41-55-13-5-7-19-61(55)64-62/h1-41H. The van der Waals surface area contributed by atoms with E-state index in [4.69, 9.17) is 4.42 Å². The molecule has 64 heavy (non-hydrogen) atoms. The van der Waals surface area contributed by atoms with Crippen LogP contribution in [0, 0.1) is 0 Å². The Morgan fingerprint density at radius 3 is 1.44 bits per heavy atom. The number of anilines is 3. The summed E-state index contributed by atoms with van der Waals surface area (Å²) in [5, 5.41) is 8.54. The van der Waals surface area contributed by atoms with Gasteiger partial charge in [0.05, 0.1) is 0 Å². The molecular weight excluding hydrogens is 775 g/mol. The smallest absolute Gasteiger partial charge is 0.135 e. The van der Waals surface area contributed by atoms with Crippen LogP contribution in [0.1, 0.15) is 0 Å². The van der Waals surface area contributed by atoms with E-state index >= 15 is 0 Å². The molecular formula is C62H41NO. The van der Waals surface area contributed by atoms with Gasteiger partial charge in [-0.25, -0.2) is 0 Å². The van der Waals surface area contributed by atoms with Crippen molar-refractivity contribution in [3.63, 3.8) is 0 Å². The van der Waals surface area contributed by atoms with Gasteiger partial charge >= 0.3 is 0 Å². The SMILES string of the molecule is c1ccc(-c2cccc(-c3ccc(N(c4ccc(-c5ccc6c(ccc7ccccc76)c5)cc4)c4ccc5cc(-c6cccc(-c7cc8ccccc8o7)c6)ccc5c4)cc3)c2)cc1. The molecule has 0 atom stereocenters. The van der Waals surface area contributed by atoms with Crippen LogP contribution in [0.15, 0.2) is 253 Å². The molecule has 0 saturated heterocycles. The number of hydrogen-bond donors (Lipinski definition) is 0. The largest absolute Gasteiger partial charge is 0.456 e. The summed E-state index contributed by atoms with van der Waals surface area (Å²) in [7, 11) is 0. The average Bonchev–Trinajstić information content (AvgIpc) is 3.82. The molecule has 0 fully saturated rings. The van der Waals surface area contributed by atoms with Gasteiger partial charge in [0.1, 0.15) is 11.3 Å². The van der Waals surface area contributed by atoms with Gasteiger partial charge in [-0.05, 0) is 150 Å². The summed E-state index contributed by atoms with van der Waals surface area (Å²) in [5.41, 5.74) is 14.7. The van der Waals surface area contributed by atoms with E-state index in [0.29, 0.717) is 0 Å². The molecule has 0 saturated carbocycles. The lowest BCUT2D eigenvalue weighted by Gasteiger charge is -2.26. The molecule has 0 bridgehead atoms. The molecule has 2 heteroatoms. The van der Waals surface area contributed by atoms with Crippen molar-refractivity contribution < 1.29 is 4.42 Å².